The van der Waals surface area contributed by atoms with Gasteiger partial charge >= 0.3 is 0 Å². The Balaban J connectivity index is 1.93. The first-order valence-electron chi connectivity index (χ1n) is 5.22. The molecule has 0 bridgehead atoms. The van der Waals surface area contributed by atoms with E-state index in [1.165, 1.54) is 5.01 Å². The lowest BCUT2D eigenvalue weighted by Gasteiger charge is -2.03. The molecule has 1 aromatic rings. The van der Waals surface area contributed by atoms with Crippen LogP contribution >= 0.6 is 11.3 Å². The van der Waals surface area contributed by atoms with Gasteiger partial charge < -0.3 is 15.8 Å². The summed E-state index contributed by atoms with van der Waals surface area (Å²) >= 11 is 1.72. The molecule has 0 spiro atoms. The van der Waals surface area contributed by atoms with Gasteiger partial charge in [0.05, 0.1) is 18.2 Å². The van der Waals surface area contributed by atoms with Crippen LogP contribution in [-0.2, 0) is 11.2 Å². The maximum absolute atomic E-state index is 5.30. The maximum atomic E-state index is 5.30. The Labute approximate surface area is 94.8 Å². The minimum atomic E-state index is 0.596. The molecule has 1 heterocycles. The third-order valence-corrected chi connectivity index (χ3v) is 2.89. The van der Waals surface area contributed by atoms with Gasteiger partial charge in [0.25, 0.3) is 0 Å². The van der Waals surface area contributed by atoms with Gasteiger partial charge in [-0.05, 0) is 6.92 Å². The molecule has 0 atom stereocenters. The molecule has 4 nitrogen and oxygen atoms in total. The summed E-state index contributed by atoms with van der Waals surface area (Å²) < 4.78 is 5.24. The summed E-state index contributed by atoms with van der Waals surface area (Å²) in [6.07, 6.45) is 0.995. The largest absolute Gasteiger partial charge is 0.379 e. The molecule has 0 aromatic carbocycles. The molecule has 1 rings (SSSR count). The molecule has 86 valence electrons. The fraction of sp³-hybridized carbons (Fsp3) is 0.700. The van der Waals surface area contributed by atoms with Crippen molar-refractivity contribution >= 4 is 11.3 Å². The van der Waals surface area contributed by atoms with Gasteiger partial charge in [-0.1, -0.05) is 0 Å². The Morgan fingerprint density at radius 1 is 1.47 bits per heavy atom. The van der Waals surface area contributed by atoms with E-state index in [2.05, 4.69) is 15.7 Å². The van der Waals surface area contributed by atoms with Gasteiger partial charge in [0.2, 0.25) is 0 Å². The van der Waals surface area contributed by atoms with Gasteiger partial charge in [0, 0.05) is 37.1 Å². The third-order valence-electron chi connectivity index (χ3n) is 1.87. The van der Waals surface area contributed by atoms with E-state index in [-0.39, 0.29) is 0 Å². The van der Waals surface area contributed by atoms with Crippen molar-refractivity contribution in [2.45, 2.75) is 13.3 Å². The molecule has 0 aliphatic heterocycles. The van der Waals surface area contributed by atoms with Crippen molar-refractivity contribution in [2.24, 2.45) is 5.73 Å². The standard InChI is InChI=1S/C10H19N3OS/c1-9-8-15-10(13-9)2-4-12-5-7-14-6-3-11/h8,12H,2-7,11H2,1H3. The number of nitrogens with one attached hydrogen (secondary N) is 1. The van der Waals surface area contributed by atoms with Gasteiger partial charge in [-0.15, -0.1) is 11.3 Å². The summed E-state index contributed by atoms with van der Waals surface area (Å²) in [5.74, 6) is 0. The second-order valence-electron chi connectivity index (χ2n) is 3.28. The van der Waals surface area contributed by atoms with Crippen LogP contribution in [0.5, 0.6) is 0 Å². The van der Waals surface area contributed by atoms with E-state index in [0.717, 1.165) is 31.8 Å². The third kappa shape index (κ3) is 5.84. The van der Waals surface area contributed by atoms with Crippen LogP contribution in [0.3, 0.4) is 0 Å². The predicted octanol–water partition coefficient (Wildman–Crippen LogP) is 0.559. The van der Waals surface area contributed by atoms with E-state index < -0.39 is 0 Å². The highest BCUT2D eigenvalue weighted by atomic mass is 32.1. The molecular formula is C10H19N3OS. The first-order chi connectivity index (χ1) is 7.33. The van der Waals surface area contributed by atoms with Crippen molar-refractivity contribution in [2.75, 3.05) is 32.8 Å². The highest BCUT2D eigenvalue weighted by Gasteiger charge is 1.97. The number of aromatic nitrogens is 1. The highest BCUT2D eigenvalue weighted by molar-refractivity contribution is 7.09. The molecule has 0 saturated carbocycles. The van der Waals surface area contributed by atoms with Gasteiger partial charge in [0.15, 0.2) is 0 Å². The quantitative estimate of drug-likeness (QED) is 0.639. The second-order valence-corrected chi connectivity index (χ2v) is 4.23. The van der Waals surface area contributed by atoms with Crippen molar-refractivity contribution in [1.82, 2.24) is 10.3 Å². The molecule has 0 aliphatic carbocycles. The number of hydrogen-bond donors (Lipinski definition) is 2. The van der Waals surface area contributed by atoms with E-state index in [1.807, 2.05) is 6.92 Å². The second kappa shape index (κ2) is 7.76. The molecule has 0 fully saturated rings. The van der Waals surface area contributed by atoms with E-state index >= 15 is 0 Å². The van der Waals surface area contributed by atoms with Crippen LogP contribution in [-0.4, -0.2) is 37.8 Å². The number of ether oxygens (including phenoxy) is 1. The summed E-state index contributed by atoms with van der Waals surface area (Å²) in [5, 5.41) is 6.58. The Morgan fingerprint density at radius 3 is 3.00 bits per heavy atom. The lowest BCUT2D eigenvalue weighted by molar-refractivity contribution is 0.143. The molecule has 0 aliphatic rings. The van der Waals surface area contributed by atoms with Crippen molar-refractivity contribution in [1.29, 1.82) is 0 Å². The molecule has 5 heteroatoms. The normalized spacial score (nSPS) is 10.8. The van der Waals surface area contributed by atoms with E-state index in [0.29, 0.717) is 13.2 Å². The molecule has 0 amide bonds. The zero-order valence-corrected chi connectivity index (χ0v) is 9.98. The number of thiazole rings is 1. The first kappa shape index (κ1) is 12.6. The van der Waals surface area contributed by atoms with Crippen molar-refractivity contribution in [3.63, 3.8) is 0 Å². The van der Waals surface area contributed by atoms with E-state index in [1.54, 1.807) is 11.3 Å². The van der Waals surface area contributed by atoms with Crippen LogP contribution in [0.4, 0.5) is 0 Å². The lowest BCUT2D eigenvalue weighted by atomic mass is 10.4. The van der Waals surface area contributed by atoms with Crippen LogP contribution in [0.1, 0.15) is 10.7 Å². The summed E-state index contributed by atoms with van der Waals surface area (Å²) in [5.41, 5.74) is 6.41. The zero-order valence-electron chi connectivity index (χ0n) is 9.16. The average Bonchev–Trinajstić information content (AvgIpc) is 2.63. The van der Waals surface area contributed by atoms with E-state index in [4.69, 9.17) is 10.5 Å². The fourth-order valence-electron chi connectivity index (χ4n) is 1.17. The molecule has 1 aromatic heterocycles. The highest BCUT2D eigenvalue weighted by Crippen LogP contribution is 2.08. The van der Waals surface area contributed by atoms with Crippen LogP contribution < -0.4 is 11.1 Å². The number of hydrogen-bond acceptors (Lipinski definition) is 5. The molecule has 0 saturated heterocycles. The van der Waals surface area contributed by atoms with Crippen LogP contribution in [0.25, 0.3) is 0 Å². The predicted molar refractivity (Wildman–Crippen MR) is 63.3 cm³/mol. The summed E-state index contributed by atoms with van der Waals surface area (Å²) in [7, 11) is 0. The minimum absolute atomic E-state index is 0.596. The van der Waals surface area contributed by atoms with Crippen LogP contribution in [0.15, 0.2) is 5.38 Å². The lowest BCUT2D eigenvalue weighted by Crippen LogP contribution is -2.23. The average molecular weight is 229 g/mol. The minimum Gasteiger partial charge on any atom is -0.379 e. The molecule has 15 heavy (non-hydrogen) atoms. The van der Waals surface area contributed by atoms with Crippen LogP contribution in [0, 0.1) is 6.92 Å². The smallest absolute Gasteiger partial charge is 0.0940 e. The van der Waals surface area contributed by atoms with Crippen molar-refractivity contribution in [3.05, 3.63) is 16.1 Å². The zero-order chi connectivity index (χ0) is 10.9. The fourth-order valence-corrected chi connectivity index (χ4v) is 1.94. The van der Waals surface area contributed by atoms with Crippen molar-refractivity contribution < 1.29 is 4.74 Å². The van der Waals surface area contributed by atoms with Gasteiger partial charge in [-0.25, -0.2) is 4.98 Å². The monoisotopic (exact) mass is 229 g/mol. The first-order valence-corrected chi connectivity index (χ1v) is 6.10. The molecular weight excluding hydrogens is 210 g/mol. The Bertz CT molecular complexity index is 265. The topological polar surface area (TPSA) is 60.2 Å². The van der Waals surface area contributed by atoms with E-state index in [9.17, 15) is 0 Å². The maximum Gasteiger partial charge on any atom is 0.0940 e. The SMILES string of the molecule is Cc1csc(CCNCCOCCN)n1. The van der Waals surface area contributed by atoms with Crippen LogP contribution in [0.2, 0.25) is 0 Å². The number of aryl methyl sites for hydroxylation is 1. The molecule has 3 N–H and O–H groups in total. The van der Waals surface area contributed by atoms with Gasteiger partial charge in [0.1, 0.15) is 0 Å². The Hall–Kier alpha value is -0.490. The number of nitrogens with zero attached hydrogens (tertiary/aromatic N) is 1. The molecule has 0 radical (unpaired) electrons. The number of nitrogens with two attached hydrogens (primary N) is 1. The number of rotatable bonds is 8. The van der Waals surface area contributed by atoms with Gasteiger partial charge in [-0.2, -0.15) is 0 Å². The Kier molecular flexibility index (Phi) is 6.50. The summed E-state index contributed by atoms with van der Waals surface area (Å²) in [6.45, 7) is 5.83. The molecule has 0 unspecified atom stereocenters. The Morgan fingerprint density at radius 2 is 2.33 bits per heavy atom. The summed E-state index contributed by atoms with van der Waals surface area (Å²) in [6, 6.07) is 0. The van der Waals surface area contributed by atoms with Gasteiger partial charge in [-0.3, -0.25) is 0 Å². The van der Waals surface area contributed by atoms with Crippen molar-refractivity contribution in [3.8, 4) is 0 Å². The summed E-state index contributed by atoms with van der Waals surface area (Å²) in [4.78, 5) is 4.39.